The summed E-state index contributed by atoms with van der Waals surface area (Å²) in [4.78, 5) is 13.7. The number of aromatic nitrogens is 4. The number of anilines is 2. The van der Waals surface area contributed by atoms with Crippen molar-refractivity contribution >= 4 is 22.8 Å². The summed E-state index contributed by atoms with van der Waals surface area (Å²) in [6, 6.07) is 6.09. The molecule has 1 atom stereocenters. The molecular formula is C21H26FN5O2. The number of benzene rings is 1. The normalized spacial score (nSPS) is 20.7. The van der Waals surface area contributed by atoms with E-state index in [0.717, 1.165) is 37.9 Å². The van der Waals surface area contributed by atoms with Gasteiger partial charge in [0.25, 0.3) is 0 Å². The Labute approximate surface area is 168 Å². The van der Waals surface area contributed by atoms with Gasteiger partial charge in [-0.1, -0.05) is 12.1 Å². The average molecular weight is 399 g/mol. The number of hydrogen-bond acceptors (Lipinski definition) is 6. The first-order chi connectivity index (χ1) is 14.0. The molecule has 2 heterocycles. The summed E-state index contributed by atoms with van der Waals surface area (Å²) in [6.45, 7) is 1.76. The predicted octanol–water partition coefficient (Wildman–Crippen LogP) is 3.36. The van der Waals surface area contributed by atoms with Crippen molar-refractivity contribution in [2.75, 3.05) is 11.9 Å². The molecule has 4 rings (SSSR count). The maximum atomic E-state index is 14.1. The van der Waals surface area contributed by atoms with Gasteiger partial charge in [0.1, 0.15) is 17.2 Å². The van der Waals surface area contributed by atoms with Crippen LogP contribution in [0.2, 0.25) is 0 Å². The topological polar surface area (TPSA) is 96.1 Å². The first-order valence-electron chi connectivity index (χ1n) is 10.1. The molecule has 7 nitrogen and oxygen atoms in total. The zero-order valence-corrected chi connectivity index (χ0v) is 16.4. The molecule has 1 fully saturated rings. The lowest BCUT2D eigenvalue weighted by Gasteiger charge is -2.24. The van der Waals surface area contributed by atoms with Gasteiger partial charge in [0.2, 0.25) is 5.95 Å². The van der Waals surface area contributed by atoms with Gasteiger partial charge in [0.05, 0.1) is 30.6 Å². The van der Waals surface area contributed by atoms with E-state index in [0.29, 0.717) is 28.7 Å². The van der Waals surface area contributed by atoms with E-state index >= 15 is 0 Å². The predicted molar refractivity (Wildman–Crippen MR) is 108 cm³/mol. The number of nitrogens with one attached hydrogen (secondary N) is 1. The molecule has 0 radical (unpaired) electrons. The second-order valence-electron chi connectivity index (χ2n) is 7.82. The van der Waals surface area contributed by atoms with Crippen LogP contribution < -0.4 is 5.32 Å². The van der Waals surface area contributed by atoms with E-state index in [4.69, 9.17) is 4.98 Å². The highest BCUT2D eigenvalue weighted by Crippen LogP contribution is 2.29. The number of halogens is 1. The fourth-order valence-corrected chi connectivity index (χ4v) is 3.90. The van der Waals surface area contributed by atoms with E-state index in [1.165, 1.54) is 6.07 Å². The van der Waals surface area contributed by atoms with Crippen LogP contribution in [0.25, 0.3) is 11.2 Å². The summed E-state index contributed by atoms with van der Waals surface area (Å²) >= 11 is 0. The average Bonchev–Trinajstić information content (AvgIpc) is 3.08. The van der Waals surface area contributed by atoms with Crippen LogP contribution in [0.5, 0.6) is 0 Å². The van der Waals surface area contributed by atoms with E-state index < -0.39 is 0 Å². The minimum absolute atomic E-state index is 0.0999. The molecule has 3 aromatic rings. The van der Waals surface area contributed by atoms with Crippen LogP contribution in [0.3, 0.4) is 0 Å². The Bertz CT molecular complexity index is 984. The third kappa shape index (κ3) is 4.23. The highest BCUT2D eigenvalue weighted by atomic mass is 19.1. The highest BCUT2D eigenvalue weighted by molar-refractivity contribution is 5.75. The Balaban J connectivity index is 1.67. The lowest BCUT2D eigenvalue weighted by atomic mass is 9.85. The fourth-order valence-electron chi connectivity index (χ4n) is 3.90. The standard InChI is InChI=1S/C21H26FN5O2/c1-13(12-28)27-20-18(25-21(27)24-17-5-3-2-4-16(17)22)11-23-19(26-20)10-14-6-8-15(29)9-7-14/h2-5,11,13-15,28-29H,6-10,12H2,1H3,(H,24,25)/t13-,14?,15?/m1/s1. The van der Waals surface area contributed by atoms with Crippen LogP contribution in [-0.4, -0.2) is 42.4 Å². The number of rotatable bonds is 6. The first-order valence-corrected chi connectivity index (χ1v) is 10.1. The van der Waals surface area contributed by atoms with Crippen LogP contribution in [0, 0.1) is 11.7 Å². The number of imidazole rings is 1. The molecule has 2 aromatic heterocycles. The van der Waals surface area contributed by atoms with Crippen molar-refractivity contribution in [2.45, 2.75) is 51.2 Å². The molecule has 1 aliphatic carbocycles. The fraction of sp³-hybridized carbons (Fsp3) is 0.476. The van der Waals surface area contributed by atoms with Crippen molar-refractivity contribution in [1.82, 2.24) is 19.5 Å². The van der Waals surface area contributed by atoms with Gasteiger partial charge in [-0.15, -0.1) is 0 Å². The summed E-state index contributed by atoms with van der Waals surface area (Å²) in [5.41, 5.74) is 1.52. The molecule has 0 aliphatic heterocycles. The van der Waals surface area contributed by atoms with Crippen LogP contribution in [-0.2, 0) is 6.42 Å². The van der Waals surface area contributed by atoms with Crippen LogP contribution in [0.4, 0.5) is 16.0 Å². The molecule has 0 amide bonds. The Morgan fingerprint density at radius 3 is 2.69 bits per heavy atom. The van der Waals surface area contributed by atoms with Crippen LogP contribution in [0.15, 0.2) is 30.5 Å². The van der Waals surface area contributed by atoms with Crippen molar-refractivity contribution in [3.8, 4) is 0 Å². The minimum Gasteiger partial charge on any atom is -0.394 e. The van der Waals surface area contributed by atoms with Gasteiger partial charge in [-0.2, -0.15) is 0 Å². The molecule has 29 heavy (non-hydrogen) atoms. The maximum absolute atomic E-state index is 14.1. The van der Waals surface area contributed by atoms with Crippen molar-refractivity contribution in [2.24, 2.45) is 5.92 Å². The van der Waals surface area contributed by atoms with E-state index in [-0.39, 0.29) is 24.6 Å². The lowest BCUT2D eigenvalue weighted by Crippen LogP contribution is -2.20. The SMILES string of the molecule is C[C@H](CO)n1c(Nc2ccccc2F)nc2cnc(CC3CCC(O)CC3)nc21. The van der Waals surface area contributed by atoms with E-state index in [9.17, 15) is 14.6 Å². The number of para-hydroxylation sites is 1. The smallest absolute Gasteiger partial charge is 0.210 e. The highest BCUT2D eigenvalue weighted by Gasteiger charge is 2.22. The van der Waals surface area contributed by atoms with Crippen LogP contribution >= 0.6 is 0 Å². The van der Waals surface area contributed by atoms with Gasteiger partial charge >= 0.3 is 0 Å². The third-order valence-electron chi connectivity index (χ3n) is 5.60. The Hall–Kier alpha value is -2.58. The number of aliphatic hydroxyl groups is 2. The van der Waals surface area contributed by atoms with Gasteiger partial charge in [-0.25, -0.2) is 19.3 Å². The van der Waals surface area contributed by atoms with Crippen molar-refractivity contribution in [1.29, 1.82) is 0 Å². The molecular weight excluding hydrogens is 373 g/mol. The molecule has 1 saturated carbocycles. The van der Waals surface area contributed by atoms with Crippen molar-refractivity contribution < 1.29 is 14.6 Å². The van der Waals surface area contributed by atoms with E-state index in [2.05, 4.69) is 15.3 Å². The Kier molecular flexibility index (Phi) is 5.73. The molecule has 0 unspecified atom stereocenters. The number of aliphatic hydroxyl groups excluding tert-OH is 2. The van der Waals surface area contributed by atoms with Crippen LogP contribution in [0.1, 0.15) is 44.5 Å². The summed E-state index contributed by atoms with van der Waals surface area (Å²) in [5, 5.41) is 22.5. The molecule has 0 spiro atoms. The second kappa shape index (κ2) is 8.42. The molecule has 154 valence electrons. The molecule has 8 heteroatoms. The third-order valence-corrected chi connectivity index (χ3v) is 5.60. The van der Waals surface area contributed by atoms with E-state index in [1.54, 1.807) is 29.0 Å². The van der Waals surface area contributed by atoms with Gasteiger partial charge < -0.3 is 15.5 Å². The monoisotopic (exact) mass is 399 g/mol. The molecule has 1 aliphatic rings. The summed E-state index contributed by atoms with van der Waals surface area (Å²) in [6.07, 6.45) is 5.82. The molecule has 0 saturated heterocycles. The summed E-state index contributed by atoms with van der Waals surface area (Å²) in [5.74, 6) is 1.22. The van der Waals surface area contributed by atoms with Gasteiger partial charge in [-0.05, 0) is 50.7 Å². The van der Waals surface area contributed by atoms with Gasteiger partial charge in [-0.3, -0.25) is 4.57 Å². The van der Waals surface area contributed by atoms with Crippen molar-refractivity contribution in [3.05, 3.63) is 42.1 Å². The molecule has 3 N–H and O–H groups in total. The second-order valence-corrected chi connectivity index (χ2v) is 7.82. The first kappa shape index (κ1) is 19.7. The lowest BCUT2D eigenvalue weighted by molar-refractivity contribution is 0.108. The Morgan fingerprint density at radius 2 is 1.97 bits per heavy atom. The van der Waals surface area contributed by atoms with Gasteiger partial charge in [0, 0.05) is 6.42 Å². The van der Waals surface area contributed by atoms with E-state index in [1.807, 2.05) is 6.92 Å². The maximum Gasteiger partial charge on any atom is 0.210 e. The van der Waals surface area contributed by atoms with Crippen molar-refractivity contribution in [3.63, 3.8) is 0 Å². The number of nitrogens with zero attached hydrogens (tertiary/aromatic N) is 4. The zero-order valence-electron chi connectivity index (χ0n) is 16.4. The summed E-state index contributed by atoms with van der Waals surface area (Å²) < 4.78 is 15.9. The zero-order chi connectivity index (χ0) is 20.4. The van der Waals surface area contributed by atoms with Gasteiger partial charge in [0.15, 0.2) is 5.65 Å². The molecule has 1 aromatic carbocycles. The number of fused-ring (bicyclic) bond motifs is 1. The summed E-state index contributed by atoms with van der Waals surface area (Å²) in [7, 11) is 0. The number of hydrogen-bond donors (Lipinski definition) is 3. The largest absolute Gasteiger partial charge is 0.394 e. The minimum atomic E-state index is -0.381. The Morgan fingerprint density at radius 1 is 1.21 bits per heavy atom. The quantitative estimate of drug-likeness (QED) is 0.588. The molecule has 0 bridgehead atoms.